The van der Waals surface area contributed by atoms with Crippen LogP contribution in [-0.2, 0) is 0 Å². The molecule has 1 aromatic rings. The van der Waals surface area contributed by atoms with Gasteiger partial charge in [0.2, 0.25) is 0 Å². The van der Waals surface area contributed by atoms with Crippen molar-refractivity contribution in [2.24, 2.45) is 10.8 Å². The maximum Gasteiger partial charge on any atom is 0.163 e. The zero-order valence-corrected chi connectivity index (χ0v) is 10.7. The largest absolute Gasteiger partial charge is 0.307 e. The van der Waals surface area contributed by atoms with Gasteiger partial charge in [-0.3, -0.25) is 9.98 Å². The second-order valence-electron chi connectivity index (χ2n) is 4.11. The van der Waals surface area contributed by atoms with E-state index in [2.05, 4.69) is 31.3 Å². The molecular weight excluding hydrogens is 256 g/mol. The fourth-order valence-corrected chi connectivity index (χ4v) is 1.49. The molecule has 4 nitrogen and oxygen atoms in total. The molecule has 0 unspecified atom stereocenters. The van der Waals surface area contributed by atoms with Crippen molar-refractivity contribution in [2.45, 2.75) is 26.3 Å². The van der Waals surface area contributed by atoms with Crippen LogP contribution in [-0.4, -0.2) is 16.4 Å². The number of nitrogens with zero attached hydrogens (tertiary/aromatic N) is 2. The Kier molecular flexibility index (Phi) is 3.82. The summed E-state index contributed by atoms with van der Waals surface area (Å²) in [5.74, 6) is 6.02. The Balaban J connectivity index is 3.14. The number of hydrogen-bond donors (Lipinski definition) is 2. The Morgan fingerprint density at radius 1 is 1.53 bits per heavy atom. The van der Waals surface area contributed by atoms with E-state index >= 15 is 0 Å². The third-order valence-electron chi connectivity index (χ3n) is 1.57. The molecule has 0 aliphatic rings. The molecule has 0 saturated heterocycles. The SMILES string of the molecule is CC(C)(C)N=C(NN)c1ncccc1Br. The van der Waals surface area contributed by atoms with E-state index < -0.39 is 0 Å². The van der Waals surface area contributed by atoms with E-state index in [1.807, 2.05) is 32.9 Å². The number of rotatable bonds is 1. The number of halogens is 1. The summed E-state index contributed by atoms with van der Waals surface area (Å²) in [5, 5.41) is 0. The maximum atomic E-state index is 5.44. The monoisotopic (exact) mass is 270 g/mol. The Labute approximate surface area is 98.1 Å². The quantitative estimate of drug-likeness (QED) is 0.354. The minimum Gasteiger partial charge on any atom is -0.307 e. The minimum absolute atomic E-state index is 0.196. The molecule has 0 saturated carbocycles. The van der Waals surface area contributed by atoms with Gasteiger partial charge < -0.3 is 5.43 Å². The molecule has 0 amide bonds. The van der Waals surface area contributed by atoms with Gasteiger partial charge in [-0.15, -0.1) is 0 Å². The lowest BCUT2D eigenvalue weighted by atomic mass is 10.1. The summed E-state index contributed by atoms with van der Waals surface area (Å²) in [4.78, 5) is 8.66. The molecule has 0 aliphatic carbocycles. The van der Waals surface area contributed by atoms with Crippen molar-refractivity contribution in [1.29, 1.82) is 0 Å². The second-order valence-corrected chi connectivity index (χ2v) is 4.96. The van der Waals surface area contributed by atoms with Crippen molar-refractivity contribution in [2.75, 3.05) is 0 Å². The predicted molar refractivity (Wildman–Crippen MR) is 65.6 cm³/mol. The highest BCUT2D eigenvalue weighted by Crippen LogP contribution is 2.15. The van der Waals surface area contributed by atoms with Crippen LogP contribution in [0, 0.1) is 0 Å². The van der Waals surface area contributed by atoms with E-state index in [1.54, 1.807) is 6.20 Å². The third-order valence-corrected chi connectivity index (χ3v) is 2.21. The Morgan fingerprint density at radius 2 is 2.20 bits per heavy atom. The summed E-state index contributed by atoms with van der Waals surface area (Å²) < 4.78 is 0.867. The number of amidine groups is 1. The van der Waals surface area contributed by atoms with Gasteiger partial charge in [-0.25, -0.2) is 5.84 Å². The van der Waals surface area contributed by atoms with Gasteiger partial charge in [0.15, 0.2) is 5.84 Å². The highest BCUT2D eigenvalue weighted by atomic mass is 79.9. The first kappa shape index (κ1) is 12.1. The molecule has 0 aliphatic heterocycles. The molecule has 82 valence electrons. The number of hydrazine groups is 1. The van der Waals surface area contributed by atoms with Crippen molar-refractivity contribution < 1.29 is 0 Å². The van der Waals surface area contributed by atoms with Crippen LogP contribution in [0.25, 0.3) is 0 Å². The summed E-state index contributed by atoms with van der Waals surface area (Å²) in [5.41, 5.74) is 3.09. The van der Waals surface area contributed by atoms with Gasteiger partial charge in [0.1, 0.15) is 5.69 Å². The Bertz CT molecular complexity index is 368. The number of nitrogens with two attached hydrogens (primary N) is 1. The predicted octanol–water partition coefficient (Wildman–Crippen LogP) is 1.85. The summed E-state index contributed by atoms with van der Waals surface area (Å²) >= 11 is 3.41. The molecule has 15 heavy (non-hydrogen) atoms. The molecular formula is C10H15BrN4. The van der Waals surface area contributed by atoms with E-state index in [-0.39, 0.29) is 5.54 Å². The van der Waals surface area contributed by atoms with Crippen LogP contribution >= 0.6 is 15.9 Å². The zero-order chi connectivity index (χ0) is 11.5. The smallest absolute Gasteiger partial charge is 0.163 e. The topological polar surface area (TPSA) is 63.3 Å². The van der Waals surface area contributed by atoms with Crippen molar-refractivity contribution in [3.05, 3.63) is 28.5 Å². The van der Waals surface area contributed by atoms with Gasteiger partial charge in [0, 0.05) is 10.7 Å². The van der Waals surface area contributed by atoms with Gasteiger partial charge in [0.25, 0.3) is 0 Å². The van der Waals surface area contributed by atoms with E-state index in [4.69, 9.17) is 5.84 Å². The van der Waals surface area contributed by atoms with Crippen LogP contribution in [0.4, 0.5) is 0 Å². The van der Waals surface area contributed by atoms with Gasteiger partial charge in [0.05, 0.1) is 5.54 Å². The van der Waals surface area contributed by atoms with Crippen LogP contribution < -0.4 is 11.3 Å². The molecule has 3 N–H and O–H groups in total. The highest BCUT2D eigenvalue weighted by molar-refractivity contribution is 9.10. The number of hydrogen-bond acceptors (Lipinski definition) is 3. The molecule has 0 aromatic carbocycles. The number of aromatic nitrogens is 1. The lowest BCUT2D eigenvalue weighted by molar-refractivity contribution is 0.579. The molecule has 0 fully saturated rings. The van der Waals surface area contributed by atoms with Crippen molar-refractivity contribution in [3.63, 3.8) is 0 Å². The van der Waals surface area contributed by atoms with E-state index in [0.29, 0.717) is 5.84 Å². The standard InChI is InChI=1S/C10H15BrN4/c1-10(2,3)14-9(15-12)8-7(11)5-4-6-13-8/h4-6H,12H2,1-3H3,(H,14,15). The average Bonchev–Trinajstić information content (AvgIpc) is 2.14. The Morgan fingerprint density at radius 3 is 2.67 bits per heavy atom. The van der Waals surface area contributed by atoms with Crippen LogP contribution in [0.5, 0.6) is 0 Å². The summed E-state index contributed by atoms with van der Waals surface area (Å²) in [6, 6.07) is 3.75. The molecule has 1 heterocycles. The first-order valence-corrected chi connectivity index (χ1v) is 5.41. The van der Waals surface area contributed by atoms with Crippen LogP contribution in [0.2, 0.25) is 0 Å². The van der Waals surface area contributed by atoms with Gasteiger partial charge in [-0.1, -0.05) is 0 Å². The molecule has 0 radical (unpaired) electrons. The molecule has 5 heteroatoms. The lowest BCUT2D eigenvalue weighted by Gasteiger charge is -2.15. The molecule has 0 atom stereocenters. The van der Waals surface area contributed by atoms with Gasteiger partial charge >= 0.3 is 0 Å². The van der Waals surface area contributed by atoms with E-state index in [1.165, 1.54) is 0 Å². The number of nitrogens with one attached hydrogen (secondary N) is 1. The van der Waals surface area contributed by atoms with Crippen LogP contribution in [0.3, 0.4) is 0 Å². The van der Waals surface area contributed by atoms with Crippen LogP contribution in [0.15, 0.2) is 27.8 Å². The van der Waals surface area contributed by atoms with Crippen molar-refractivity contribution in [3.8, 4) is 0 Å². The summed E-state index contributed by atoms with van der Waals surface area (Å²) in [6.07, 6.45) is 1.70. The Hall–Kier alpha value is -0.940. The molecule has 0 bridgehead atoms. The van der Waals surface area contributed by atoms with Gasteiger partial charge in [-0.05, 0) is 48.8 Å². The van der Waals surface area contributed by atoms with Crippen molar-refractivity contribution >= 4 is 21.8 Å². The fourth-order valence-electron chi connectivity index (χ4n) is 1.05. The van der Waals surface area contributed by atoms with Gasteiger partial charge in [-0.2, -0.15) is 0 Å². The minimum atomic E-state index is -0.196. The third kappa shape index (κ3) is 3.60. The maximum absolute atomic E-state index is 5.44. The summed E-state index contributed by atoms with van der Waals surface area (Å²) in [6.45, 7) is 6.00. The number of pyridine rings is 1. The van der Waals surface area contributed by atoms with Crippen molar-refractivity contribution in [1.82, 2.24) is 10.4 Å². The zero-order valence-electron chi connectivity index (χ0n) is 9.08. The first-order chi connectivity index (χ1) is 6.94. The fraction of sp³-hybridized carbons (Fsp3) is 0.400. The first-order valence-electron chi connectivity index (χ1n) is 4.61. The normalized spacial score (nSPS) is 12.7. The molecule has 1 aromatic heterocycles. The number of aliphatic imine (C=N–C) groups is 1. The van der Waals surface area contributed by atoms with Crippen LogP contribution in [0.1, 0.15) is 26.5 Å². The van der Waals surface area contributed by atoms with E-state index in [0.717, 1.165) is 10.2 Å². The second kappa shape index (κ2) is 4.72. The lowest BCUT2D eigenvalue weighted by Crippen LogP contribution is -2.34. The summed E-state index contributed by atoms with van der Waals surface area (Å²) in [7, 11) is 0. The molecule has 1 rings (SSSR count). The van der Waals surface area contributed by atoms with E-state index in [9.17, 15) is 0 Å². The highest BCUT2D eigenvalue weighted by Gasteiger charge is 2.13. The average molecular weight is 271 g/mol. The molecule has 0 spiro atoms.